The first-order chi connectivity index (χ1) is 11.6. The highest BCUT2D eigenvalue weighted by molar-refractivity contribution is 8.00. The maximum Gasteiger partial charge on any atom is 0.269 e. The third kappa shape index (κ3) is 3.94. The fraction of sp³-hybridized carbons (Fsp3) is 0.375. The Morgan fingerprint density at radius 3 is 2.62 bits per heavy atom. The highest BCUT2D eigenvalue weighted by Gasteiger charge is 2.25. The van der Waals surface area contributed by atoms with E-state index in [4.69, 9.17) is 5.73 Å². The van der Waals surface area contributed by atoms with Crippen molar-refractivity contribution in [2.75, 3.05) is 18.8 Å². The van der Waals surface area contributed by atoms with E-state index in [0.29, 0.717) is 18.8 Å². The zero-order chi connectivity index (χ0) is 16.9. The number of nitrogens with one attached hydrogen (secondary N) is 1. The van der Waals surface area contributed by atoms with E-state index in [0.717, 1.165) is 23.4 Å². The van der Waals surface area contributed by atoms with Gasteiger partial charge >= 0.3 is 0 Å². The van der Waals surface area contributed by atoms with Gasteiger partial charge in [-0.2, -0.15) is 5.10 Å². The van der Waals surface area contributed by atoms with E-state index in [1.165, 1.54) is 11.8 Å². The van der Waals surface area contributed by atoms with E-state index in [1.54, 1.807) is 18.5 Å². The molecule has 0 saturated carbocycles. The maximum absolute atomic E-state index is 12.3. The average Bonchev–Trinajstić information content (AvgIpc) is 3.11. The Bertz CT molecular complexity index is 710. The Morgan fingerprint density at radius 1 is 1.29 bits per heavy atom. The van der Waals surface area contributed by atoms with E-state index in [-0.39, 0.29) is 17.5 Å². The maximum atomic E-state index is 12.3. The molecular weight excluding hydrogens is 326 g/mol. The molecule has 0 aromatic carbocycles. The molecule has 1 aliphatic heterocycles. The third-order valence-electron chi connectivity index (χ3n) is 4.15. The van der Waals surface area contributed by atoms with E-state index in [2.05, 4.69) is 15.2 Å². The number of aromatic nitrogens is 3. The molecule has 7 nitrogen and oxygen atoms in total. The van der Waals surface area contributed by atoms with Crippen LogP contribution in [0.25, 0.3) is 0 Å². The van der Waals surface area contributed by atoms with Gasteiger partial charge in [0.05, 0.1) is 5.75 Å². The summed E-state index contributed by atoms with van der Waals surface area (Å²) in [4.78, 5) is 30.3. The van der Waals surface area contributed by atoms with Gasteiger partial charge in [0.1, 0.15) is 5.69 Å². The first-order valence-corrected chi connectivity index (χ1v) is 8.78. The highest BCUT2D eigenvalue weighted by Crippen LogP contribution is 2.27. The van der Waals surface area contributed by atoms with E-state index < -0.39 is 5.91 Å². The first-order valence-electron chi connectivity index (χ1n) is 7.79. The molecule has 3 heterocycles. The summed E-state index contributed by atoms with van der Waals surface area (Å²) in [5, 5.41) is 6.80. The molecule has 0 bridgehead atoms. The molecule has 1 aliphatic rings. The van der Waals surface area contributed by atoms with Crippen molar-refractivity contribution in [3.63, 3.8) is 0 Å². The van der Waals surface area contributed by atoms with Crippen LogP contribution in [0.1, 0.15) is 34.9 Å². The van der Waals surface area contributed by atoms with Crippen molar-refractivity contribution in [3.8, 4) is 0 Å². The second kappa shape index (κ2) is 7.48. The molecule has 0 unspecified atom stereocenters. The zero-order valence-corrected chi connectivity index (χ0v) is 14.0. The van der Waals surface area contributed by atoms with Crippen LogP contribution in [0.4, 0.5) is 0 Å². The molecule has 2 aromatic heterocycles. The smallest absolute Gasteiger partial charge is 0.269 e. The van der Waals surface area contributed by atoms with Crippen LogP contribution in [0.5, 0.6) is 0 Å². The van der Waals surface area contributed by atoms with Gasteiger partial charge < -0.3 is 10.6 Å². The summed E-state index contributed by atoms with van der Waals surface area (Å²) >= 11 is 1.53. The van der Waals surface area contributed by atoms with Crippen molar-refractivity contribution in [2.45, 2.75) is 23.7 Å². The second-order valence-electron chi connectivity index (χ2n) is 5.70. The molecule has 0 aliphatic carbocycles. The molecule has 2 amide bonds. The Balaban J connectivity index is 1.49. The second-order valence-corrected chi connectivity index (χ2v) is 6.75. The van der Waals surface area contributed by atoms with Gasteiger partial charge in [-0.05, 0) is 31.0 Å². The first kappa shape index (κ1) is 16.5. The molecular formula is C16H19N5O2S. The number of piperidine rings is 1. The van der Waals surface area contributed by atoms with Crippen LogP contribution in [0, 0.1) is 0 Å². The minimum Gasteiger partial charge on any atom is -0.364 e. The van der Waals surface area contributed by atoms with Crippen LogP contribution in [0.15, 0.2) is 35.5 Å². The predicted octanol–water partition coefficient (Wildman–Crippen LogP) is 1.40. The Hall–Kier alpha value is -2.35. The molecule has 0 atom stereocenters. The van der Waals surface area contributed by atoms with Crippen molar-refractivity contribution in [2.24, 2.45) is 5.73 Å². The number of likely N-dealkylation sites (tertiary alicyclic amines) is 1. The number of carbonyl (C=O) groups is 2. The topological polar surface area (TPSA) is 105 Å². The SMILES string of the molecule is NC(=O)c1cc(C2CCN(C(=O)CSc3ccncc3)CC2)[nH]n1. The lowest BCUT2D eigenvalue weighted by atomic mass is 9.93. The number of nitrogens with two attached hydrogens (primary N) is 1. The molecule has 0 radical (unpaired) electrons. The number of thioether (sulfide) groups is 1. The van der Waals surface area contributed by atoms with Crippen LogP contribution < -0.4 is 5.73 Å². The molecule has 1 saturated heterocycles. The van der Waals surface area contributed by atoms with Gasteiger partial charge in [-0.1, -0.05) is 0 Å². The van der Waals surface area contributed by atoms with Crippen LogP contribution in [-0.4, -0.2) is 50.7 Å². The molecule has 3 rings (SSSR count). The van der Waals surface area contributed by atoms with Crippen LogP contribution in [0.3, 0.4) is 0 Å². The van der Waals surface area contributed by atoms with Crippen molar-refractivity contribution in [1.29, 1.82) is 0 Å². The molecule has 24 heavy (non-hydrogen) atoms. The standard InChI is InChI=1S/C16H19N5O2S/c17-16(23)14-9-13(19-20-14)11-3-7-21(8-4-11)15(22)10-24-12-1-5-18-6-2-12/h1-2,5-6,9,11H,3-4,7-8,10H2,(H2,17,23)(H,19,20). The van der Waals surface area contributed by atoms with E-state index in [1.807, 2.05) is 17.0 Å². The lowest BCUT2D eigenvalue weighted by Crippen LogP contribution is -2.39. The number of rotatable bonds is 5. The number of H-pyrrole nitrogens is 1. The van der Waals surface area contributed by atoms with Crippen LogP contribution in [0.2, 0.25) is 0 Å². The van der Waals surface area contributed by atoms with Crippen molar-refractivity contribution in [1.82, 2.24) is 20.1 Å². The molecule has 1 fully saturated rings. The van der Waals surface area contributed by atoms with Crippen LogP contribution in [-0.2, 0) is 4.79 Å². The monoisotopic (exact) mass is 345 g/mol. The van der Waals surface area contributed by atoms with Gasteiger partial charge in [0, 0.05) is 42.0 Å². The van der Waals surface area contributed by atoms with Crippen molar-refractivity contribution in [3.05, 3.63) is 42.0 Å². The van der Waals surface area contributed by atoms with Gasteiger partial charge in [-0.15, -0.1) is 11.8 Å². The lowest BCUT2D eigenvalue weighted by molar-refractivity contribution is -0.129. The number of amides is 2. The number of carbonyl (C=O) groups excluding carboxylic acids is 2. The Morgan fingerprint density at radius 2 is 2.00 bits per heavy atom. The van der Waals surface area contributed by atoms with Crippen LogP contribution >= 0.6 is 11.8 Å². The van der Waals surface area contributed by atoms with Crippen molar-refractivity contribution >= 4 is 23.6 Å². The van der Waals surface area contributed by atoms with Gasteiger partial charge in [0.15, 0.2) is 0 Å². The fourth-order valence-electron chi connectivity index (χ4n) is 2.78. The molecule has 3 N–H and O–H groups in total. The van der Waals surface area contributed by atoms with E-state index in [9.17, 15) is 9.59 Å². The fourth-order valence-corrected chi connectivity index (χ4v) is 3.57. The largest absolute Gasteiger partial charge is 0.364 e. The summed E-state index contributed by atoms with van der Waals surface area (Å²) in [5.74, 6) is 0.336. The molecule has 0 spiro atoms. The number of aromatic amines is 1. The molecule has 126 valence electrons. The highest BCUT2D eigenvalue weighted by atomic mass is 32.2. The zero-order valence-electron chi connectivity index (χ0n) is 13.1. The Labute approximate surface area is 144 Å². The summed E-state index contributed by atoms with van der Waals surface area (Å²) in [7, 11) is 0. The summed E-state index contributed by atoms with van der Waals surface area (Å²) in [5.41, 5.74) is 6.40. The normalized spacial score (nSPS) is 15.4. The summed E-state index contributed by atoms with van der Waals surface area (Å²) in [6, 6.07) is 5.52. The minimum atomic E-state index is -0.529. The average molecular weight is 345 g/mol. The van der Waals surface area contributed by atoms with Gasteiger partial charge in [0.2, 0.25) is 5.91 Å². The predicted molar refractivity (Wildman–Crippen MR) is 90.6 cm³/mol. The molecule has 2 aromatic rings. The molecule has 8 heteroatoms. The van der Waals surface area contributed by atoms with Gasteiger partial charge in [0.25, 0.3) is 5.91 Å². The van der Waals surface area contributed by atoms with Gasteiger partial charge in [-0.3, -0.25) is 19.7 Å². The lowest BCUT2D eigenvalue weighted by Gasteiger charge is -2.31. The van der Waals surface area contributed by atoms with Gasteiger partial charge in [-0.25, -0.2) is 0 Å². The van der Waals surface area contributed by atoms with E-state index >= 15 is 0 Å². The summed E-state index contributed by atoms with van der Waals surface area (Å²) in [6.45, 7) is 1.43. The summed E-state index contributed by atoms with van der Waals surface area (Å²) in [6.07, 6.45) is 5.16. The summed E-state index contributed by atoms with van der Waals surface area (Å²) < 4.78 is 0. The number of pyridine rings is 1. The number of primary amides is 1. The minimum absolute atomic E-state index is 0.151. The number of nitrogens with zero attached hydrogens (tertiary/aromatic N) is 3. The third-order valence-corrected chi connectivity index (χ3v) is 5.15. The van der Waals surface area contributed by atoms with Crippen molar-refractivity contribution < 1.29 is 9.59 Å². The Kier molecular flexibility index (Phi) is 5.14. The quantitative estimate of drug-likeness (QED) is 0.797. The number of hydrogen-bond acceptors (Lipinski definition) is 5. The number of hydrogen-bond donors (Lipinski definition) is 2.